The molecule has 3 aromatic carbocycles. The van der Waals surface area contributed by atoms with Crippen LogP contribution in [0.15, 0.2) is 82.1 Å². The Kier molecular flexibility index (Phi) is 6.89. The number of fused-ring (bicyclic) bond motifs is 1. The number of aromatic nitrogens is 2. The van der Waals surface area contributed by atoms with Gasteiger partial charge in [-0.3, -0.25) is 19.5 Å². The van der Waals surface area contributed by atoms with E-state index in [-0.39, 0.29) is 29.6 Å². The standard InChI is InChI=1S/C28H27BrN4O3/c1-32(2)23-16-20(29)15-22-25(23)27(35)33(28(30-22)31-26(34)19-11-7-4-8-12-19)17-21-13-14-24(36-21)18-9-5-3-6-10-18/h3-12,15-16,21,24H,13-14,17H2,1-2H3,(H,30,31,34). The maximum Gasteiger partial charge on any atom is 0.264 e. The molecular weight excluding hydrogens is 520 g/mol. The normalized spacial score (nSPS) is 17.3. The van der Waals surface area contributed by atoms with Gasteiger partial charge in [0.25, 0.3) is 11.5 Å². The molecule has 2 heterocycles. The highest BCUT2D eigenvalue weighted by Crippen LogP contribution is 2.34. The van der Waals surface area contributed by atoms with Crippen LogP contribution < -0.4 is 15.8 Å². The first kappa shape index (κ1) is 24.2. The number of amides is 1. The first-order valence-electron chi connectivity index (χ1n) is 11.9. The van der Waals surface area contributed by atoms with Crippen molar-refractivity contribution in [2.75, 3.05) is 24.3 Å². The van der Waals surface area contributed by atoms with E-state index in [0.29, 0.717) is 23.0 Å². The highest BCUT2D eigenvalue weighted by atomic mass is 79.9. The maximum absolute atomic E-state index is 13.9. The molecule has 1 amide bonds. The first-order chi connectivity index (χ1) is 17.4. The van der Waals surface area contributed by atoms with Crippen LogP contribution in [0.1, 0.15) is 34.9 Å². The van der Waals surface area contributed by atoms with Crippen LogP contribution in [0, 0.1) is 0 Å². The number of halogens is 1. The molecule has 0 bridgehead atoms. The fraction of sp³-hybridized carbons (Fsp3) is 0.250. The Bertz CT molecular complexity index is 1450. The third-order valence-electron chi connectivity index (χ3n) is 6.41. The Morgan fingerprint density at radius 1 is 1.08 bits per heavy atom. The summed E-state index contributed by atoms with van der Waals surface area (Å²) < 4.78 is 8.69. The van der Waals surface area contributed by atoms with E-state index in [1.165, 1.54) is 0 Å². The topological polar surface area (TPSA) is 76.5 Å². The number of hydrogen-bond acceptors (Lipinski definition) is 5. The molecule has 184 valence electrons. The Morgan fingerprint density at radius 2 is 1.78 bits per heavy atom. The number of anilines is 2. The molecule has 36 heavy (non-hydrogen) atoms. The van der Waals surface area contributed by atoms with Crippen LogP contribution in [-0.2, 0) is 11.3 Å². The molecule has 1 fully saturated rings. The zero-order valence-corrected chi connectivity index (χ0v) is 21.7. The molecule has 8 heteroatoms. The summed E-state index contributed by atoms with van der Waals surface area (Å²) in [7, 11) is 3.78. The molecular formula is C28H27BrN4O3. The van der Waals surface area contributed by atoms with E-state index in [1.807, 2.05) is 49.3 Å². The lowest BCUT2D eigenvalue weighted by molar-refractivity contribution is 0.0347. The van der Waals surface area contributed by atoms with Gasteiger partial charge in [0.05, 0.1) is 35.3 Å². The van der Waals surface area contributed by atoms with Crippen LogP contribution >= 0.6 is 15.9 Å². The third-order valence-corrected chi connectivity index (χ3v) is 6.87. The largest absolute Gasteiger partial charge is 0.377 e. The molecule has 1 N–H and O–H groups in total. The van der Waals surface area contributed by atoms with Gasteiger partial charge in [-0.25, -0.2) is 4.98 Å². The van der Waals surface area contributed by atoms with Crippen LogP contribution in [0.25, 0.3) is 10.9 Å². The Balaban J connectivity index is 1.55. The Hall–Kier alpha value is -3.49. The second-order valence-corrected chi connectivity index (χ2v) is 10.0. The smallest absolute Gasteiger partial charge is 0.264 e. The van der Waals surface area contributed by atoms with Gasteiger partial charge in [-0.15, -0.1) is 0 Å². The van der Waals surface area contributed by atoms with Gasteiger partial charge in [-0.05, 0) is 42.7 Å². The number of nitrogens with one attached hydrogen (secondary N) is 1. The molecule has 1 saturated heterocycles. The summed E-state index contributed by atoms with van der Waals surface area (Å²) in [6.45, 7) is 0.290. The quantitative estimate of drug-likeness (QED) is 0.350. The molecule has 1 aliphatic rings. The summed E-state index contributed by atoms with van der Waals surface area (Å²) in [5.74, 6) is -0.121. The average Bonchev–Trinajstić information content (AvgIpc) is 3.35. The molecule has 0 spiro atoms. The monoisotopic (exact) mass is 546 g/mol. The predicted molar refractivity (Wildman–Crippen MR) is 146 cm³/mol. The van der Waals surface area contributed by atoms with Gasteiger partial charge < -0.3 is 9.64 Å². The van der Waals surface area contributed by atoms with Gasteiger partial charge in [0.2, 0.25) is 5.95 Å². The predicted octanol–water partition coefficient (Wildman–Crippen LogP) is 5.40. The minimum absolute atomic E-state index is 0.0176. The summed E-state index contributed by atoms with van der Waals surface area (Å²) in [6.07, 6.45) is 1.47. The molecule has 4 aromatic rings. The van der Waals surface area contributed by atoms with Gasteiger partial charge in [-0.2, -0.15) is 0 Å². The van der Waals surface area contributed by atoms with Gasteiger partial charge in [0.15, 0.2) is 0 Å². The minimum atomic E-state index is -0.326. The van der Waals surface area contributed by atoms with E-state index in [2.05, 4.69) is 33.4 Å². The molecule has 1 aliphatic heterocycles. The summed E-state index contributed by atoms with van der Waals surface area (Å²) in [5, 5.41) is 3.37. The summed E-state index contributed by atoms with van der Waals surface area (Å²) in [6, 6.07) is 22.7. The van der Waals surface area contributed by atoms with Crippen molar-refractivity contribution in [3.63, 3.8) is 0 Å². The van der Waals surface area contributed by atoms with Crippen molar-refractivity contribution in [2.24, 2.45) is 0 Å². The fourth-order valence-corrected chi connectivity index (χ4v) is 5.06. The summed E-state index contributed by atoms with van der Waals surface area (Å²) >= 11 is 3.52. The number of benzene rings is 3. The molecule has 5 rings (SSSR count). The summed E-state index contributed by atoms with van der Waals surface area (Å²) in [5.41, 5.74) is 2.66. The van der Waals surface area contributed by atoms with Gasteiger partial charge in [-0.1, -0.05) is 64.5 Å². The lowest BCUT2D eigenvalue weighted by atomic mass is 10.1. The number of carbonyl (C=O) groups is 1. The molecule has 1 aromatic heterocycles. The second-order valence-electron chi connectivity index (χ2n) is 9.12. The molecule has 0 radical (unpaired) electrons. The molecule has 0 saturated carbocycles. The van der Waals surface area contributed by atoms with E-state index in [0.717, 1.165) is 28.6 Å². The lowest BCUT2D eigenvalue weighted by Crippen LogP contribution is -2.32. The van der Waals surface area contributed by atoms with Gasteiger partial charge in [0, 0.05) is 24.1 Å². The van der Waals surface area contributed by atoms with Crippen molar-refractivity contribution in [1.82, 2.24) is 9.55 Å². The van der Waals surface area contributed by atoms with E-state index in [9.17, 15) is 9.59 Å². The molecule has 2 atom stereocenters. The van der Waals surface area contributed by atoms with Crippen molar-refractivity contribution in [3.8, 4) is 0 Å². The van der Waals surface area contributed by atoms with Crippen molar-refractivity contribution in [1.29, 1.82) is 0 Å². The van der Waals surface area contributed by atoms with E-state index >= 15 is 0 Å². The van der Waals surface area contributed by atoms with Crippen LogP contribution in [0.2, 0.25) is 0 Å². The van der Waals surface area contributed by atoms with Crippen molar-refractivity contribution < 1.29 is 9.53 Å². The number of nitrogens with zero attached hydrogens (tertiary/aromatic N) is 3. The highest BCUT2D eigenvalue weighted by molar-refractivity contribution is 9.10. The second kappa shape index (κ2) is 10.2. The first-order valence-corrected chi connectivity index (χ1v) is 12.7. The third kappa shape index (κ3) is 4.92. The fourth-order valence-electron chi connectivity index (χ4n) is 4.63. The minimum Gasteiger partial charge on any atom is -0.377 e. The van der Waals surface area contributed by atoms with Crippen LogP contribution in [0.4, 0.5) is 11.6 Å². The van der Waals surface area contributed by atoms with Crippen LogP contribution in [0.3, 0.4) is 0 Å². The van der Waals surface area contributed by atoms with Crippen molar-refractivity contribution in [3.05, 3.63) is 98.7 Å². The number of carbonyl (C=O) groups excluding carboxylic acids is 1. The van der Waals surface area contributed by atoms with Crippen molar-refractivity contribution in [2.45, 2.75) is 31.6 Å². The SMILES string of the molecule is CN(C)c1cc(Br)cc2nc(NC(=O)c3ccccc3)n(CC3CCC(c4ccccc4)O3)c(=O)c12. The molecule has 2 unspecified atom stereocenters. The van der Waals surface area contributed by atoms with E-state index < -0.39 is 0 Å². The number of hydrogen-bond donors (Lipinski definition) is 1. The van der Waals surface area contributed by atoms with Crippen LogP contribution in [0.5, 0.6) is 0 Å². The Morgan fingerprint density at radius 3 is 2.47 bits per heavy atom. The van der Waals surface area contributed by atoms with E-state index in [1.54, 1.807) is 34.9 Å². The Labute approximate surface area is 217 Å². The molecule has 7 nitrogen and oxygen atoms in total. The van der Waals surface area contributed by atoms with E-state index in [4.69, 9.17) is 9.72 Å². The lowest BCUT2D eigenvalue weighted by Gasteiger charge is -2.21. The van der Waals surface area contributed by atoms with Crippen molar-refractivity contribution >= 4 is 44.4 Å². The van der Waals surface area contributed by atoms with Gasteiger partial charge in [0.1, 0.15) is 0 Å². The maximum atomic E-state index is 13.9. The average molecular weight is 547 g/mol. The zero-order valence-electron chi connectivity index (χ0n) is 20.1. The van der Waals surface area contributed by atoms with Gasteiger partial charge >= 0.3 is 0 Å². The number of ether oxygens (including phenoxy) is 1. The molecule has 0 aliphatic carbocycles. The number of rotatable bonds is 6. The van der Waals surface area contributed by atoms with Crippen LogP contribution in [-0.4, -0.2) is 35.7 Å². The zero-order chi connectivity index (χ0) is 25.2. The summed E-state index contributed by atoms with van der Waals surface area (Å²) in [4.78, 5) is 33.6. The highest BCUT2D eigenvalue weighted by Gasteiger charge is 2.29.